The maximum Gasteiger partial charge on any atom is 0.237 e. The van der Waals surface area contributed by atoms with Gasteiger partial charge in [-0.1, -0.05) is 74.7 Å². The number of unbranched alkanes of at least 4 members (excludes halogenated alkanes) is 2. The molecule has 286 valence electrons. The first-order chi connectivity index (χ1) is 24.9. The fraction of sp³-hybridized carbons (Fsp3) is 0.643. The van der Waals surface area contributed by atoms with Crippen molar-refractivity contribution < 1.29 is 29.0 Å². The topological polar surface area (TPSA) is 129 Å². The van der Waals surface area contributed by atoms with Gasteiger partial charge in [0.15, 0.2) is 6.29 Å². The highest BCUT2D eigenvalue weighted by Crippen LogP contribution is 2.44. The lowest BCUT2D eigenvalue weighted by molar-refractivity contribution is -0.278. The number of fused-ring (bicyclic) bond motifs is 1. The van der Waals surface area contributed by atoms with Gasteiger partial charge in [-0.3, -0.25) is 19.3 Å². The molecule has 2 aromatic carbocycles. The summed E-state index contributed by atoms with van der Waals surface area (Å²) in [6.45, 7) is 11.5. The summed E-state index contributed by atoms with van der Waals surface area (Å²) in [6.07, 6.45) is 8.64. The highest BCUT2D eigenvalue weighted by atomic mass is 16.7. The molecule has 3 amide bonds. The number of rotatable bonds is 14. The average Bonchev–Trinajstić information content (AvgIpc) is 3.12. The molecule has 2 aliphatic heterocycles. The van der Waals surface area contributed by atoms with E-state index in [9.17, 15) is 19.5 Å². The van der Waals surface area contributed by atoms with Crippen LogP contribution in [0.3, 0.4) is 0 Å². The third kappa shape index (κ3) is 11.1. The zero-order valence-electron chi connectivity index (χ0n) is 32.0. The number of aliphatic hydroxyl groups is 1. The Kier molecular flexibility index (Phi) is 14.3. The Bertz CT molecular complexity index is 1460. The molecule has 2 heterocycles. The predicted molar refractivity (Wildman–Crippen MR) is 202 cm³/mol. The van der Waals surface area contributed by atoms with E-state index in [1.54, 1.807) is 0 Å². The second-order valence-corrected chi connectivity index (χ2v) is 16.3. The molecule has 1 saturated carbocycles. The van der Waals surface area contributed by atoms with Crippen LogP contribution in [-0.2, 0) is 37.0 Å². The summed E-state index contributed by atoms with van der Waals surface area (Å²) in [5.41, 5.74) is 3.47. The third-order valence-electron chi connectivity index (χ3n) is 11.0. The van der Waals surface area contributed by atoms with Crippen LogP contribution in [0.25, 0.3) is 0 Å². The second-order valence-electron chi connectivity index (χ2n) is 16.3. The third-order valence-corrected chi connectivity index (χ3v) is 11.0. The highest BCUT2D eigenvalue weighted by Gasteiger charge is 2.46. The minimum atomic E-state index is -0.612. The zero-order chi connectivity index (χ0) is 37.3. The van der Waals surface area contributed by atoms with Crippen molar-refractivity contribution in [3.63, 3.8) is 0 Å². The zero-order valence-corrected chi connectivity index (χ0v) is 32.0. The van der Waals surface area contributed by atoms with Crippen molar-refractivity contribution in [1.29, 1.82) is 0 Å². The van der Waals surface area contributed by atoms with Crippen LogP contribution in [0.4, 0.5) is 0 Å². The van der Waals surface area contributed by atoms with Crippen molar-refractivity contribution in [2.45, 2.75) is 148 Å². The number of carbonyl (C=O) groups excluding carboxylic acids is 3. The van der Waals surface area contributed by atoms with Crippen LogP contribution in [0.15, 0.2) is 48.5 Å². The molecule has 10 nitrogen and oxygen atoms in total. The first-order valence-corrected chi connectivity index (χ1v) is 19.6. The van der Waals surface area contributed by atoms with Crippen LogP contribution in [0.1, 0.15) is 133 Å². The standard InChI is InChI=1S/C42H62N4O6/c1-28-37(26-46-35-12-9-8-11-32(35)22-23-36(46)40(50)45-42(3,4)5)51-41(52-39(28)33-18-16-31(27-47)17-19-33)34-20-14-30(15-21-34)25-44-38(49)13-7-6-10-24-43-29(2)48/h14-21,28,32,35-37,39,41,47H,6-13,22-27H2,1-5H3,(H,43,48)(H,44,49)(H,45,50)/t28-,32+,35+,36+,37+,39+,41+/m0/s1. The number of ether oxygens (including phenoxy) is 2. The van der Waals surface area contributed by atoms with Crippen molar-refractivity contribution in [2.75, 3.05) is 13.1 Å². The van der Waals surface area contributed by atoms with Gasteiger partial charge in [-0.25, -0.2) is 0 Å². The van der Waals surface area contributed by atoms with Crippen LogP contribution in [0, 0.1) is 11.8 Å². The number of hydrogen-bond donors (Lipinski definition) is 4. The molecule has 0 unspecified atom stereocenters. The maximum absolute atomic E-state index is 13.8. The normalized spacial score (nSPS) is 26.6. The molecule has 1 aliphatic carbocycles. The Morgan fingerprint density at radius 2 is 1.54 bits per heavy atom. The second kappa shape index (κ2) is 18.6. The SMILES string of the molecule is CC(=O)NCCCCCC(=O)NCc1ccc([C@@H]2O[C@H](CN3[C@@H](C(=O)NC(C)(C)C)CC[C@H]4CCCC[C@H]43)[C@H](C)[C@H](c3ccc(CO)cc3)O2)cc1. The molecule has 3 fully saturated rings. The van der Waals surface area contributed by atoms with Gasteiger partial charge in [0.2, 0.25) is 17.7 Å². The summed E-state index contributed by atoms with van der Waals surface area (Å²) in [5, 5.41) is 18.8. The van der Waals surface area contributed by atoms with Gasteiger partial charge in [0.1, 0.15) is 0 Å². The number of aliphatic hydroxyl groups excluding tert-OH is 1. The van der Waals surface area contributed by atoms with Crippen LogP contribution in [0.5, 0.6) is 0 Å². The smallest absolute Gasteiger partial charge is 0.237 e. The molecule has 2 saturated heterocycles. The molecule has 0 radical (unpaired) electrons. The molecule has 0 aromatic heterocycles. The minimum absolute atomic E-state index is 0.00593. The lowest BCUT2D eigenvalue weighted by Gasteiger charge is -2.51. The highest BCUT2D eigenvalue weighted by molar-refractivity contribution is 5.82. The van der Waals surface area contributed by atoms with Crippen LogP contribution in [-0.4, -0.2) is 64.5 Å². The number of hydrogen-bond acceptors (Lipinski definition) is 7. The summed E-state index contributed by atoms with van der Waals surface area (Å²) in [7, 11) is 0. The average molecular weight is 719 g/mol. The lowest BCUT2D eigenvalue weighted by Crippen LogP contribution is -2.61. The van der Waals surface area contributed by atoms with Gasteiger partial charge in [0.05, 0.1) is 24.9 Å². The van der Waals surface area contributed by atoms with E-state index < -0.39 is 6.29 Å². The summed E-state index contributed by atoms with van der Waals surface area (Å²) in [4.78, 5) is 39.8. The summed E-state index contributed by atoms with van der Waals surface area (Å²) in [6, 6.07) is 16.2. The molecular weight excluding hydrogens is 656 g/mol. The van der Waals surface area contributed by atoms with Gasteiger partial charge in [0.25, 0.3) is 0 Å². The van der Waals surface area contributed by atoms with E-state index in [-0.39, 0.29) is 54.0 Å². The fourth-order valence-corrected chi connectivity index (χ4v) is 8.20. The molecule has 52 heavy (non-hydrogen) atoms. The van der Waals surface area contributed by atoms with Gasteiger partial charge < -0.3 is 30.5 Å². The number of benzene rings is 2. The number of likely N-dealkylation sites (tertiary alicyclic amines) is 1. The van der Waals surface area contributed by atoms with E-state index in [0.29, 0.717) is 38.0 Å². The van der Waals surface area contributed by atoms with Gasteiger partial charge in [0, 0.05) is 56.0 Å². The van der Waals surface area contributed by atoms with E-state index in [2.05, 4.69) is 27.8 Å². The Hall–Kier alpha value is -3.31. The van der Waals surface area contributed by atoms with Crippen molar-refractivity contribution in [3.8, 4) is 0 Å². The Morgan fingerprint density at radius 1 is 0.846 bits per heavy atom. The van der Waals surface area contributed by atoms with Gasteiger partial charge in [-0.2, -0.15) is 0 Å². The first-order valence-electron chi connectivity index (χ1n) is 19.6. The summed E-state index contributed by atoms with van der Waals surface area (Å²) >= 11 is 0. The minimum Gasteiger partial charge on any atom is -0.392 e. The fourth-order valence-electron chi connectivity index (χ4n) is 8.20. The Labute approximate surface area is 310 Å². The predicted octanol–water partition coefficient (Wildman–Crippen LogP) is 6.22. The van der Waals surface area contributed by atoms with E-state index in [0.717, 1.165) is 60.8 Å². The van der Waals surface area contributed by atoms with Gasteiger partial charge >= 0.3 is 0 Å². The van der Waals surface area contributed by atoms with Gasteiger partial charge in [-0.05, 0) is 81.9 Å². The lowest BCUT2D eigenvalue weighted by atomic mass is 9.75. The molecule has 2 aromatic rings. The van der Waals surface area contributed by atoms with E-state index >= 15 is 0 Å². The number of carbonyl (C=O) groups is 3. The number of nitrogens with one attached hydrogen (secondary N) is 3. The molecule has 4 N–H and O–H groups in total. The van der Waals surface area contributed by atoms with E-state index in [1.165, 1.54) is 26.2 Å². The van der Waals surface area contributed by atoms with Crippen molar-refractivity contribution in [1.82, 2.24) is 20.9 Å². The summed E-state index contributed by atoms with van der Waals surface area (Å²) in [5.74, 6) is 0.698. The first kappa shape index (κ1) is 39.9. The van der Waals surface area contributed by atoms with Crippen LogP contribution in [0.2, 0.25) is 0 Å². The molecule has 10 heteroatoms. The largest absolute Gasteiger partial charge is 0.392 e. The Morgan fingerprint density at radius 3 is 2.23 bits per heavy atom. The molecule has 7 atom stereocenters. The maximum atomic E-state index is 13.8. The molecular formula is C42H62N4O6. The quantitative estimate of drug-likeness (QED) is 0.171. The number of amides is 3. The molecule has 0 spiro atoms. The number of piperidine rings is 1. The summed E-state index contributed by atoms with van der Waals surface area (Å²) < 4.78 is 13.6. The molecule has 0 bridgehead atoms. The van der Waals surface area contributed by atoms with Crippen molar-refractivity contribution in [3.05, 3.63) is 70.8 Å². The van der Waals surface area contributed by atoms with Crippen LogP contribution < -0.4 is 16.0 Å². The molecule has 5 rings (SSSR count). The molecule has 3 aliphatic rings. The van der Waals surface area contributed by atoms with Crippen molar-refractivity contribution >= 4 is 17.7 Å². The number of nitrogens with zero attached hydrogens (tertiary/aromatic N) is 1. The van der Waals surface area contributed by atoms with Crippen molar-refractivity contribution in [2.24, 2.45) is 11.8 Å². The monoisotopic (exact) mass is 718 g/mol. The Balaban J connectivity index is 1.30. The van der Waals surface area contributed by atoms with E-state index in [1.807, 2.05) is 69.3 Å². The van der Waals surface area contributed by atoms with Crippen LogP contribution >= 0.6 is 0 Å². The van der Waals surface area contributed by atoms with Gasteiger partial charge in [-0.15, -0.1) is 0 Å². The van der Waals surface area contributed by atoms with E-state index in [4.69, 9.17) is 9.47 Å².